The Balaban J connectivity index is 1.60. The van der Waals surface area contributed by atoms with Gasteiger partial charge in [-0.3, -0.25) is 4.99 Å². The molecule has 1 saturated carbocycles. The van der Waals surface area contributed by atoms with Crippen LogP contribution in [-0.4, -0.2) is 27.1 Å². The second-order valence-electron chi connectivity index (χ2n) is 7.77. The zero-order valence-electron chi connectivity index (χ0n) is 16.9. The van der Waals surface area contributed by atoms with Gasteiger partial charge in [-0.05, 0) is 37.1 Å². The predicted molar refractivity (Wildman–Crippen MR) is 123 cm³/mol. The van der Waals surface area contributed by atoms with Gasteiger partial charge in [0.25, 0.3) is 0 Å². The minimum atomic E-state index is -0.0318. The van der Waals surface area contributed by atoms with Crippen LogP contribution in [0, 0.1) is 0 Å². The number of benzene rings is 2. The van der Waals surface area contributed by atoms with E-state index in [9.17, 15) is 10.2 Å². The van der Waals surface area contributed by atoms with Crippen molar-refractivity contribution in [1.29, 1.82) is 0 Å². The number of nitrogens with zero attached hydrogens (tertiary/aromatic N) is 3. The van der Waals surface area contributed by atoms with Crippen LogP contribution in [0.5, 0.6) is 11.5 Å². The maximum atomic E-state index is 10.1. The van der Waals surface area contributed by atoms with Gasteiger partial charge in [-0.1, -0.05) is 37.5 Å². The summed E-state index contributed by atoms with van der Waals surface area (Å²) < 4.78 is 7.86. The van der Waals surface area contributed by atoms with Gasteiger partial charge in [0.1, 0.15) is 22.8 Å². The van der Waals surface area contributed by atoms with E-state index in [1.54, 1.807) is 17.0 Å². The van der Waals surface area contributed by atoms with Gasteiger partial charge < -0.3 is 14.6 Å². The molecule has 2 aromatic carbocycles. The quantitative estimate of drug-likeness (QED) is 0.418. The van der Waals surface area contributed by atoms with Crippen LogP contribution >= 0.6 is 11.3 Å². The molecule has 2 heterocycles. The van der Waals surface area contributed by atoms with Crippen molar-refractivity contribution < 1.29 is 14.6 Å². The summed E-state index contributed by atoms with van der Waals surface area (Å²) in [6.07, 6.45) is 7.47. The summed E-state index contributed by atoms with van der Waals surface area (Å²) in [5, 5.41) is 27.4. The number of rotatable bonds is 4. The lowest BCUT2D eigenvalue weighted by Crippen LogP contribution is -2.18. The monoisotopic (exact) mass is 433 g/mol. The molecule has 5 rings (SSSR count). The van der Waals surface area contributed by atoms with E-state index in [2.05, 4.69) is 5.10 Å². The largest absolute Gasteiger partial charge is 0.508 e. The molecular formula is C24H23N3O3S. The van der Waals surface area contributed by atoms with Crippen molar-refractivity contribution in [3.8, 4) is 23.0 Å². The number of para-hydroxylation sites is 1. The Hall–Kier alpha value is -3.32. The molecule has 1 aliphatic rings. The summed E-state index contributed by atoms with van der Waals surface area (Å²) in [7, 11) is 0. The van der Waals surface area contributed by atoms with Gasteiger partial charge in [-0.15, -0.1) is 11.3 Å². The average molecular weight is 434 g/mol. The van der Waals surface area contributed by atoms with Crippen LogP contribution in [0.4, 0.5) is 0 Å². The average Bonchev–Trinajstić information content (AvgIpc) is 3.37. The molecule has 1 fully saturated rings. The van der Waals surface area contributed by atoms with Gasteiger partial charge in [0, 0.05) is 22.4 Å². The van der Waals surface area contributed by atoms with E-state index in [-0.39, 0.29) is 11.5 Å². The van der Waals surface area contributed by atoms with E-state index in [1.807, 2.05) is 35.7 Å². The number of phenolic OH excluding ortho intramolecular Hbond substituents is 2. The minimum absolute atomic E-state index is 0.00814. The highest BCUT2D eigenvalue weighted by Gasteiger charge is 2.16. The van der Waals surface area contributed by atoms with Crippen LogP contribution in [0.25, 0.3) is 22.4 Å². The van der Waals surface area contributed by atoms with Crippen LogP contribution in [0.1, 0.15) is 37.7 Å². The molecular weight excluding hydrogens is 410 g/mol. The molecule has 0 radical (unpaired) electrons. The van der Waals surface area contributed by atoms with Crippen molar-refractivity contribution in [3.63, 3.8) is 0 Å². The Kier molecular flexibility index (Phi) is 5.34. The fourth-order valence-electron chi connectivity index (χ4n) is 3.91. The Labute approximate surface area is 183 Å². The number of phenols is 2. The summed E-state index contributed by atoms with van der Waals surface area (Å²) >= 11 is 1.54. The van der Waals surface area contributed by atoms with Crippen molar-refractivity contribution in [2.75, 3.05) is 0 Å². The summed E-state index contributed by atoms with van der Waals surface area (Å²) in [4.78, 5) is 5.79. The summed E-state index contributed by atoms with van der Waals surface area (Å²) in [6.45, 7) is 0. The Morgan fingerprint density at radius 1 is 1.03 bits per heavy atom. The molecule has 0 saturated heterocycles. The normalized spacial score (nSPS) is 15.9. The molecule has 1 aliphatic carbocycles. The zero-order chi connectivity index (χ0) is 21.2. The number of aromatic nitrogens is 1. The molecule has 31 heavy (non-hydrogen) atoms. The summed E-state index contributed by atoms with van der Waals surface area (Å²) in [6, 6.07) is 14.7. The van der Waals surface area contributed by atoms with E-state index < -0.39 is 0 Å². The molecule has 7 heteroatoms. The number of aromatic hydroxyl groups is 2. The first-order valence-electron chi connectivity index (χ1n) is 10.5. The Bertz CT molecular complexity index is 1280. The van der Waals surface area contributed by atoms with Crippen molar-refractivity contribution in [2.45, 2.75) is 38.1 Å². The highest BCUT2D eigenvalue weighted by Crippen LogP contribution is 2.29. The van der Waals surface area contributed by atoms with Crippen molar-refractivity contribution in [1.82, 2.24) is 4.68 Å². The second-order valence-corrected chi connectivity index (χ2v) is 8.61. The minimum Gasteiger partial charge on any atom is -0.508 e. The smallest absolute Gasteiger partial charge is 0.206 e. The van der Waals surface area contributed by atoms with Crippen LogP contribution in [0.2, 0.25) is 0 Å². The number of fused-ring (bicyclic) bond motifs is 1. The third-order valence-electron chi connectivity index (χ3n) is 5.56. The maximum absolute atomic E-state index is 10.1. The van der Waals surface area contributed by atoms with E-state index >= 15 is 0 Å². The molecule has 2 N–H and O–H groups in total. The van der Waals surface area contributed by atoms with Crippen LogP contribution in [0.15, 0.2) is 68.4 Å². The van der Waals surface area contributed by atoms with Crippen LogP contribution < -0.4 is 4.80 Å². The van der Waals surface area contributed by atoms with Crippen LogP contribution in [-0.2, 0) is 0 Å². The van der Waals surface area contributed by atoms with Gasteiger partial charge in [-0.2, -0.15) is 5.10 Å². The lowest BCUT2D eigenvalue weighted by Gasteiger charge is -2.16. The predicted octanol–water partition coefficient (Wildman–Crippen LogP) is 5.49. The highest BCUT2D eigenvalue weighted by atomic mass is 32.1. The van der Waals surface area contributed by atoms with E-state index in [4.69, 9.17) is 9.41 Å². The summed E-state index contributed by atoms with van der Waals surface area (Å²) in [5.41, 5.74) is 2.14. The van der Waals surface area contributed by atoms with Gasteiger partial charge in [0.15, 0.2) is 5.76 Å². The van der Waals surface area contributed by atoms with E-state index in [1.165, 1.54) is 42.7 Å². The standard InChI is InChI=1S/C24H23N3O3S/c28-19-11-10-17(21(29)13-19)14-25-27-20(23-12-16-6-4-5-9-22(16)30-23)15-31-24(27)26-18-7-2-1-3-8-18/h4-6,9-15,18,28-29H,1-3,7-8H2. The highest BCUT2D eigenvalue weighted by molar-refractivity contribution is 7.07. The van der Waals surface area contributed by atoms with Gasteiger partial charge in [-0.25, -0.2) is 4.68 Å². The molecule has 0 amide bonds. The molecule has 0 aliphatic heterocycles. The zero-order valence-corrected chi connectivity index (χ0v) is 17.8. The van der Waals surface area contributed by atoms with Gasteiger partial charge >= 0.3 is 0 Å². The third-order valence-corrected chi connectivity index (χ3v) is 6.39. The second kappa shape index (κ2) is 8.43. The molecule has 0 unspecified atom stereocenters. The molecule has 2 aromatic heterocycles. The molecule has 0 spiro atoms. The van der Waals surface area contributed by atoms with Crippen molar-refractivity contribution in [2.24, 2.45) is 10.1 Å². The van der Waals surface area contributed by atoms with Gasteiger partial charge in [0.2, 0.25) is 4.80 Å². The van der Waals surface area contributed by atoms with Gasteiger partial charge in [0.05, 0.1) is 12.3 Å². The SMILES string of the molecule is Oc1ccc(C=Nn2c(-c3cc4ccccc4o3)csc2=NC2CCCCC2)c(O)c1. The Morgan fingerprint density at radius 3 is 2.68 bits per heavy atom. The number of furan rings is 1. The first-order valence-corrected chi connectivity index (χ1v) is 11.3. The van der Waals surface area contributed by atoms with Crippen molar-refractivity contribution >= 4 is 28.5 Å². The Morgan fingerprint density at radius 2 is 1.87 bits per heavy atom. The summed E-state index contributed by atoms with van der Waals surface area (Å²) in [5.74, 6) is 0.694. The third kappa shape index (κ3) is 4.14. The lowest BCUT2D eigenvalue weighted by molar-refractivity contribution is 0.435. The fourth-order valence-corrected chi connectivity index (χ4v) is 4.79. The molecule has 0 atom stereocenters. The fraction of sp³-hybridized carbons (Fsp3) is 0.250. The van der Waals surface area contributed by atoms with E-state index in [0.29, 0.717) is 11.6 Å². The number of hydrogen-bond donors (Lipinski definition) is 2. The van der Waals surface area contributed by atoms with E-state index in [0.717, 1.165) is 40.1 Å². The maximum Gasteiger partial charge on any atom is 0.206 e. The first kappa shape index (κ1) is 19.6. The van der Waals surface area contributed by atoms with Crippen LogP contribution in [0.3, 0.4) is 0 Å². The number of thiazole rings is 1. The van der Waals surface area contributed by atoms with Crippen molar-refractivity contribution in [3.05, 3.63) is 64.3 Å². The molecule has 4 aromatic rings. The molecule has 6 nitrogen and oxygen atoms in total. The first-order chi connectivity index (χ1) is 15.2. The lowest BCUT2D eigenvalue weighted by atomic mass is 9.96. The topological polar surface area (TPSA) is 83.2 Å². The number of hydrogen-bond acceptors (Lipinski definition) is 6. The molecule has 158 valence electrons. The molecule has 0 bridgehead atoms.